The summed E-state index contributed by atoms with van der Waals surface area (Å²) in [5.74, 6) is -0.579. The molecule has 82 valence electrons. The summed E-state index contributed by atoms with van der Waals surface area (Å²) in [5.41, 5.74) is 0.0572. The van der Waals surface area contributed by atoms with Crippen LogP contribution >= 0.6 is 0 Å². The van der Waals surface area contributed by atoms with Crippen LogP contribution in [-0.4, -0.2) is 16.8 Å². The second-order valence-corrected chi connectivity index (χ2v) is 2.98. The molecule has 7 heteroatoms. The van der Waals surface area contributed by atoms with E-state index in [1.807, 2.05) is 0 Å². The fourth-order valence-electron chi connectivity index (χ4n) is 1.17. The average Bonchev–Trinajstić information content (AvgIpc) is 2.75. The van der Waals surface area contributed by atoms with E-state index in [0.29, 0.717) is 0 Å². The Morgan fingerprint density at radius 1 is 1.50 bits per heavy atom. The van der Waals surface area contributed by atoms with Crippen LogP contribution in [-0.2, 0) is 9.53 Å². The summed E-state index contributed by atoms with van der Waals surface area (Å²) in [6.45, 7) is 1.53. The molecule has 1 aliphatic heterocycles. The second kappa shape index (κ2) is 3.61. The lowest BCUT2D eigenvalue weighted by atomic mass is 10.3. The highest BCUT2D eigenvalue weighted by Crippen LogP contribution is 2.20. The molecule has 0 spiro atoms. The van der Waals surface area contributed by atoms with Crippen LogP contribution in [0.2, 0.25) is 0 Å². The Labute approximate surface area is 89.2 Å². The van der Waals surface area contributed by atoms with Gasteiger partial charge in [0.05, 0.1) is 6.07 Å². The number of esters is 1. The van der Waals surface area contributed by atoms with Crippen LogP contribution in [0.25, 0.3) is 6.08 Å². The van der Waals surface area contributed by atoms with Crippen LogP contribution in [0.15, 0.2) is 27.2 Å². The third kappa shape index (κ3) is 1.83. The standard InChI is InChI=1S/C9H6N2O5/c1-5-10-7(9(12)15-5)4-6-2-3-8(16-6)11(13)14/h2-4H,1H3/b7-4-. The van der Waals surface area contributed by atoms with Crippen LogP contribution in [0.3, 0.4) is 0 Å². The third-order valence-corrected chi connectivity index (χ3v) is 1.80. The first-order chi connectivity index (χ1) is 7.56. The van der Waals surface area contributed by atoms with E-state index in [1.165, 1.54) is 25.1 Å². The molecule has 0 N–H and O–H groups in total. The third-order valence-electron chi connectivity index (χ3n) is 1.80. The predicted molar refractivity (Wildman–Crippen MR) is 52.5 cm³/mol. The van der Waals surface area contributed by atoms with E-state index in [9.17, 15) is 14.9 Å². The Morgan fingerprint density at radius 2 is 2.25 bits per heavy atom. The van der Waals surface area contributed by atoms with E-state index in [1.54, 1.807) is 0 Å². The van der Waals surface area contributed by atoms with Gasteiger partial charge < -0.3 is 9.15 Å². The molecule has 1 aromatic heterocycles. The Hall–Kier alpha value is -2.44. The normalized spacial score (nSPS) is 17.4. The van der Waals surface area contributed by atoms with E-state index in [0.717, 1.165) is 0 Å². The summed E-state index contributed by atoms with van der Waals surface area (Å²) >= 11 is 0. The number of furan rings is 1. The lowest BCUT2D eigenvalue weighted by molar-refractivity contribution is -0.402. The van der Waals surface area contributed by atoms with Crippen molar-refractivity contribution in [3.8, 4) is 0 Å². The number of hydrogen-bond acceptors (Lipinski definition) is 6. The van der Waals surface area contributed by atoms with Crippen molar-refractivity contribution in [1.29, 1.82) is 0 Å². The quantitative estimate of drug-likeness (QED) is 0.327. The summed E-state index contributed by atoms with van der Waals surface area (Å²) in [4.78, 5) is 24.6. The van der Waals surface area contributed by atoms with Gasteiger partial charge in [0.1, 0.15) is 10.7 Å². The van der Waals surface area contributed by atoms with Gasteiger partial charge >= 0.3 is 11.9 Å². The molecule has 0 bridgehead atoms. The maximum absolute atomic E-state index is 11.1. The van der Waals surface area contributed by atoms with Crippen molar-refractivity contribution in [1.82, 2.24) is 0 Å². The van der Waals surface area contributed by atoms with Gasteiger partial charge in [0.2, 0.25) is 0 Å². The molecular weight excluding hydrogens is 216 g/mol. The van der Waals surface area contributed by atoms with Gasteiger partial charge in [-0.05, 0) is 6.07 Å². The van der Waals surface area contributed by atoms with Gasteiger partial charge in [-0.3, -0.25) is 10.1 Å². The average molecular weight is 222 g/mol. The van der Waals surface area contributed by atoms with Gasteiger partial charge in [-0.15, -0.1) is 0 Å². The van der Waals surface area contributed by atoms with Crippen molar-refractivity contribution in [2.24, 2.45) is 4.99 Å². The van der Waals surface area contributed by atoms with E-state index in [4.69, 9.17) is 4.42 Å². The minimum absolute atomic E-state index is 0.0572. The number of rotatable bonds is 2. The number of cyclic esters (lactones) is 1. The molecule has 2 rings (SSSR count). The van der Waals surface area contributed by atoms with E-state index in [2.05, 4.69) is 9.73 Å². The first-order valence-electron chi connectivity index (χ1n) is 4.29. The summed E-state index contributed by atoms with van der Waals surface area (Å²) < 4.78 is 9.51. The Bertz CT molecular complexity index is 526. The minimum atomic E-state index is -0.663. The van der Waals surface area contributed by atoms with Gasteiger partial charge in [-0.2, -0.15) is 0 Å². The predicted octanol–water partition coefficient (Wildman–Crippen LogP) is 1.50. The molecule has 0 amide bonds. The molecule has 0 saturated heterocycles. The molecule has 0 unspecified atom stereocenters. The highest BCUT2D eigenvalue weighted by atomic mass is 16.6. The second-order valence-electron chi connectivity index (χ2n) is 2.98. The van der Waals surface area contributed by atoms with Crippen molar-refractivity contribution in [2.45, 2.75) is 6.92 Å². The summed E-state index contributed by atoms with van der Waals surface area (Å²) in [6.07, 6.45) is 1.28. The SMILES string of the molecule is CC1=N/C(=C\c2ccc([N+](=O)[O-])o2)C(=O)O1. The number of aliphatic imine (C=N–C) groups is 1. The molecular formula is C9H6N2O5. The highest BCUT2D eigenvalue weighted by Gasteiger charge is 2.21. The van der Waals surface area contributed by atoms with Crippen molar-refractivity contribution in [3.05, 3.63) is 33.7 Å². The maximum atomic E-state index is 11.1. The highest BCUT2D eigenvalue weighted by molar-refractivity contribution is 6.06. The van der Waals surface area contributed by atoms with Crippen LogP contribution in [0.1, 0.15) is 12.7 Å². The fourth-order valence-corrected chi connectivity index (χ4v) is 1.17. The number of ether oxygens (including phenoxy) is 1. The zero-order valence-electron chi connectivity index (χ0n) is 8.17. The number of carbonyl (C=O) groups excluding carboxylic acids is 1. The molecule has 0 atom stereocenters. The summed E-state index contributed by atoms with van der Waals surface area (Å²) in [6, 6.07) is 2.57. The monoisotopic (exact) mass is 222 g/mol. The minimum Gasteiger partial charge on any atom is -0.407 e. The summed E-state index contributed by atoms with van der Waals surface area (Å²) in [5, 5.41) is 10.3. The van der Waals surface area contributed by atoms with Crippen molar-refractivity contribution < 1.29 is 18.9 Å². The molecule has 0 radical (unpaired) electrons. The zero-order chi connectivity index (χ0) is 11.7. The Balaban J connectivity index is 2.29. The van der Waals surface area contributed by atoms with Crippen molar-refractivity contribution in [2.75, 3.05) is 0 Å². The Kier molecular flexibility index (Phi) is 2.28. The molecule has 2 heterocycles. The number of carbonyl (C=O) groups is 1. The van der Waals surface area contributed by atoms with E-state index in [-0.39, 0.29) is 23.2 Å². The maximum Gasteiger partial charge on any atom is 0.433 e. The van der Waals surface area contributed by atoms with Crippen LogP contribution < -0.4 is 0 Å². The molecule has 16 heavy (non-hydrogen) atoms. The summed E-state index contributed by atoms with van der Waals surface area (Å²) in [7, 11) is 0. The van der Waals surface area contributed by atoms with Crippen LogP contribution in [0.4, 0.5) is 5.88 Å². The lowest BCUT2D eigenvalue weighted by Crippen LogP contribution is -1.99. The van der Waals surface area contributed by atoms with Crippen LogP contribution in [0, 0.1) is 10.1 Å². The smallest absolute Gasteiger partial charge is 0.407 e. The van der Waals surface area contributed by atoms with Crippen molar-refractivity contribution in [3.63, 3.8) is 0 Å². The van der Waals surface area contributed by atoms with Crippen molar-refractivity contribution >= 4 is 23.8 Å². The molecule has 0 saturated carbocycles. The molecule has 0 fully saturated rings. The Morgan fingerprint density at radius 3 is 2.75 bits per heavy atom. The number of nitrogens with zero attached hydrogens (tertiary/aromatic N) is 2. The van der Waals surface area contributed by atoms with Gasteiger partial charge in [0.15, 0.2) is 11.6 Å². The number of nitro groups is 1. The largest absolute Gasteiger partial charge is 0.433 e. The molecule has 7 nitrogen and oxygen atoms in total. The number of hydrogen-bond donors (Lipinski definition) is 0. The zero-order valence-corrected chi connectivity index (χ0v) is 8.17. The lowest BCUT2D eigenvalue weighted by Gasteiger charge is -1.88. The molecule has 0 aliphatic carbocycles. The van der Waals surface area contributed by atoms with Gasteiger partial charge in [-0.1, -0.05) is 0 Å². The first kappa shape index (κ1) is 10.1. The van der Waals surface area contributed by atoms with Gasteiger partial charge in [0, 0.05) is 13.0 Å². The van der Waals surface area contributed by atoms with E-state index >= 15 is 0 Å². The van der Waals surface area contributed by atoms with Crippen LogP contribution in [0.5, 0.6) is 0 Å². The fraction of sp³-hybridized carbons (Fsp3) is 0.111. The van der Waals surface area contributed by atoms with Gasteiger partial charge in [0.25, 0.3) is 0 Å². The van der Waals surface area contributed by atoms with Gasteiger partial charge in [-0.25, -0.2) is 9.79 Å². The molecule has 0 aromatic carbocycles. The molecule has 1 aliphatic rings. The first-order valence-corrected chi connectivity index (χ1v) is 4.29. The van der Waals surface area contributed by atoms with E-state index < -0.39 is 10.9 Å². The topological polar surface area (TPSA) is 94.9 Å². The molecule has 1 aromatic rings.